The van der Waals surface area contributed by atoms with Crippen LogP contribution in [-0.4, -0.2) is 49.0 Å². The van der Waals surface area contributed by atoms with Gasteiger partial charge in [0.15, 0.2) is 0 Å². The third kappa shape index (κ3) is 6.28. The first kappa shape index (κ1) is 29.1. The zero-order valence-electron chi connectivity index (χ0n) is 23.5. The number of nitrogens with one attached hydrogen (secondary N) is 1. The van der Waals surface area contributed by atoms with Gasteiger partial charge in [-0.1, -0.05) is 36.4 Å². The minimum atomic E-state index is -1.28. The summed E-state index contributed by atoms with van der Waals surface area (Å²) in [5, 5.41) is 2.84. The molecule has 1 N–H and O–H groups in total. The van der Waals surface area contributed by atoms with Crippen molar-refractivity contribution >= 4 is 40.6 Å². The summed E-state index contributed by atoms with van der Waals surface area (Å²) in [4.78, 5) is 57.7. The lowest BCUT2D eigenvalue weighted by atomic mass is 10.0. The van der Waals surface area contributed by atoms with E-state index in [2.05, 4.69) is 5.32 Å². The molecule has 0 aliphatic carbocycles. The van der Waals surface area contributed by atoms with E-state index in [4.69, 9.17) is 0 Å². The number of benzene rings is 4. The van der Waals surface area contributed by atoms with Crippen LogP contribution in [0, 0.1) is 11.6 Å². The summed E-state index contributed by atoms with van der Waals surface area (Å²) >= 11 is 0. The Hall–Kier alpha value is -5.38. The summed E-state index contributed by atoms with van der Waals surface area (Å²) in [5.41, 5.74) is 2.66. The third-order valence-electron chi connectivity index (χ3n) is 7.16. The van der Waals surface area contributed by atoms with Crippen molar-refractivity contribution in [3.8, 4) is 0 Å². The van der Waals surface area contributed by atoms with E-state index in [0.29, 0.717) is 16.8 Å². The van der Waals surface area contributed by atoms with Gasteiger partial charge in [-0.05, 0) is 71.8 Å². The van der Waals surface area contributed by atoms with Crippen molar-refractivity contribution in [1.82, 2.24) is 4.90 Å². The molecule has 43 heavy (non-hydrogen) atoms. The summed E-state index contributed by atoms with van der Waals surface area (Å²) in [6.45, 7) is -0.683. The average Bonchev–Trinajstić information content (AvgIpc) is 3.23. The molecule has 4 aromatic rings. The number of amides is 3. The Bertz CT molecular complexity index is 1670. The monoisotopic (exact) mass is 582 g/mol. The van der Waals surface area contributed by atoms with E-state index < -0.39 is 47.7 Å². The molecule has 10 heteroatoms. The van der Waals surface area contributed by atoms with Crippen molar-refractivity contribution in [2.75, 3.05) is 35.8 Å². The van der Waals surface area contributed by atoms with E-state index in [9.17, 15) is 28.0 Å². The fourth-order valence-corrected chi connectivity index (χ4v) is 4.91. The number of ketones is 1. The Morgan fingerprint density at radius 2 is 1.42 bits per heavy atom. The van der Waals surface area contributed by atoms with Gasteiger partial charge in [0.05, 0.1) is 11.3 Å². The SMILES string of the molecule is CN(C)c1ccc(NC(=O)[C@@H](c2ccc(F)cc2)N(Cc2ccc(F)cc2)C(=O)CN2C(=O)C(=O)c3ccccc32)cc1. The van der Waals surface area contributed by atoms with Crippen LogP contribution in [0.2, 0.25) is 0 Å². The number of Topliss-reactive ketones (excluding diaryl/α,β-unsaturated/α-hetero) is 1. The summed E-state index contributed by atoms with van der Waals surface area (Å²) in [7, 11) is 3.77. The van der Waals surface area contributed by atoms with Gasteiger partial charge in [0.25, 0.3) is 17.6 Å². The van der Waals surface area contributed by atoms with Crippen molar-refractivity contribution < 1.29 is 28.0 Å². The van der Waals surface area contributed by atoms with Crippen LogP contribution >= 0.6 is 0 Å². The van der Waals surface area contributed by atoms with E-state index >= 15 is 0 Å². The second-order valence-corrected chi connectivity index (χ2v) is 10.3. The van der Waals surface area contributed by atoms with E-state index in [1.807, 2.05) is 31.1 Å². The third-order valence-corrected chi connectivity index (χ3v) is 7.16. The Morgan fingerprint density at radius 1 is 0.814 bits per heavy atom. The number of hydrogen-bond donors (Lipinski definition) is 1. The number of anilines is 3. The predicted molar refractivity (Wildman–Crippen MR) is 159 cm³/mol. The van der Waals surface area contributed by atoms with Crippen LogP contribution < -0.4 is 15.1 Å². The molecule has 0 spiro atoms. The molecule has 5 rings (SSSR count). The Morgan fingerprint density at radius 3 is 2.05 bits per heavy atom. The molecule has 0 radical (unpaired) electrons. The average molecular weight is 583 g/mol. The number of carbonyl (C=O) groups is 4. The molecule has 1 heterocycles. The number of fused-ring (bicyclic) bond motifs is 1. The Kier molecular flexibility index (Phi) is 8.29. The van der Waals surface area contributed by atoms with Crippen molar-refractivity contribution in [1.29, 1.82) is 0 Å². The molecule has 1 aliphatic heterocycles. The smallest absolute Gasteiger partial charge is 0.299 e. The maximum absolute atomic E-state index is 14.1. The zero-order valence-corrected chi connectivity index (χ0v) is 23.5. The van der Waals surface area contributed by atoms with Crippen molar-refractivity contribution in [2.24, 2.45) is 0 Å². The van der Waals surface area contributed by atoms with Gasteiger partial charge in [0, 0.05) is 32.0 Å². The second kappa shape index (κ2) is 12.2. The fourth-order valence-electron chi connectivity index (χ4n) is 4.91. The lowest BCUT2D eigenvalue weighted by Gasteiger charge is -2.33. The molecule has 8 nitrogen and oxygen atoms in total. The highest BCUT2D eigenvalue weighted by molar-refractivity contribution is 6.52. The number of halogens is 2. The van der Waals surface area contributed by atoms with Crippen LogP contribution in [-0.2, 0) is 20.9 Å². The quantitative estimate of drug-likeness (QED) is 0.282. The standard InChI is InChI=1S/C33H28F2N4O4/c1-37(2)26-17-15-25(16-18-26)36-32(42)30(22-9-13-24(35)14-10-22)39(19-21-7-11-23(34)12-8-21)29(40)20-38-28-6-4-3-5-27(28)31(41)33(38)43/h3-18,30H,19-20H2,1-2H3,(H,36,42)/t30-/m1/s1. The van der Waals surface area contributed by atoms with Gasteiger partial charge in [-0.2, -0.15) is 0 Å². The van der Waals surface area contributed by atoms with Crippen LogP contribution in [0.4, 0.5) is 25.8 Å². The highest BCUT2D eigenvalue weighted by atomic mass is 19.1. The van der Waals surface area contributed by atoms with Gasteiger partial charge in [0.1, 0.15) is 24.2 Å². The molecule has 3 amide bonds. The van der Waals surface area contributed by atoms with E-state index in [-0.39, 0.29) is 17.8 Å². The molecular weight excluding hydrogens is 554 g/mol. The molecule has 1 aliphatic rings. The lowest BCUT2D eigenvalue weighted by molar-refractivity contribution is -0.139. The van der Waals surface area contributed by atoms with Gasteiger partial charge >= 0.3 is 0 Å². The first-order valence-electron chi connectivity index (χ1n) is 13.4. The van der Waals surface area contributed by atoms with Crippen molar-refractivity contribution in [3.05, 3.63) is 125 Å². The Balaban J connectivity index is 1.53. The van der Waals surface area contributed by atoms with Crippen molar-refractivity contribution in [2.45, 2.75) is 12.6 Å². The maximum Gasteiger partial charge on any atom is 0.299 e. The van der Waals surface area contributed by atoms with Gasteiger partial charge in [-0.15, -0.1) is 0 Å². The van der Waals surface area contributed by atoms with Crippen LogP contribution in [0.25, 0.3) is 0 Å². The van der Waals surface area contributed by atoms with Gasteiger partial charge in [-0.25, -0.2) is 8.78 Å². The van der Waals surface area contributed by atoms with E-state index in [1.165, 1.54) is 59.5 Å². The largest absolute Gasteiger partial charge is 0.378 e. The summed E-state index contributed by atoms with van der Waals surface area (Å²) in [6, 6.07) is 22.7. The van der Waals surface area contributed by atoms with E-state index in [1.54, 1.807) is 30.3 Å². The van der Waals surface area contributed by atoms with Gasteiger partial charge < -0.3 is 15.1 Å². The van der Waals surface area contributed by atoms with E-state index in [0.717, 1.165) is 10.6 Å². The normalized spacial score (nSPS) is 13.0. The fraction of sp³-hybridized carbons (Fsp3) is 0.152. The molecule has 0 bridgehead atoms. The maximum atomic E-state index is 14.1. The molecule has 0 fully saturated rings. The minimum Gasteiger partial charge on any atom is -0.378 e. The second-order valence-electron chi connectivity index (χ2n) is 10.3. The van der Waals surface area contributed by atoms with Crippen molar-refractivity contribution in [3.63, 3.8) is 0 Å². The molecule has 0 unspecified atom stereocenters. The van der Waals surface area contributed by atoms with Crippen LogP contribution in [0.1, 0.15) is 27.5 Å². The molecule has 0 aromatic heterocycles. The van der Waals surface area contributed by atoms with Gasteiger partial charge in [0.2, 0.25) is 5.91 Å². The van der Waals surface area contributed by atoms with Crippen LogP contribution in [0.3, 0.4) is 0 Å². The first-order valence-corrected chi connectivity index (χ1v) is 13.4. The minimum absolute atomic E-state index is 0.147. The summed E-state index contributed by atoms with van der Waals surface area (Å²) in [5.74, 6) is -3.86. The highest BCUT2D eigenvalue weighted by Crippen LogP contribution is 2.31. The highest BCUT2D eigenvalue weighted by Gasteiger charge is 2.39. The Labute approximate surface area is 247 Å². The number of rotatable bonds is 9. The summed E-state index contributed by atoms with van der Waals surface area (Å²) in [6.07, 6.45) is 0. The topological polar surface area (TPSA) is 90.0 Å². The first-order chi connectivity index (χ1) is 20.6. The van der Waals surface area contributed by atoms with Crippen LogP contribution in [0.5, 0.6) is 0 Å². The molecule has 218 valence electrons. The lowest BCUT2D eigenvalue weighted by Crippen LogP contribution is -2.46. The number of nitrogens with zero attached hydrogens (tertiary/aromatic N) is 3. The number of hydrogen-bond acceptors (Lipinski definition) is 5. The zero-order chi connectivity index (χ0) is 30.7. The molecule has 0 saturated heterocycles. The molecule has 0 saturated carbocycles. The van der Waals surface area contributed by atoms with Gasteiger partial charge in [-0.3, -0.25) is 24.1 Å². The molecule has 1 atom stereocenters. The number of para-hydroxylation sites is 1. The predicted octanol–water partition coefficient (Wildman–Crippen LogP) is 4.97. The number of carbonyl (C=O) groups excluding carboxylic acids is 4. The molecule has 4 aromatic carbocycles. The summed E-state index contributed by atoms with van der Waals surface area (Å²) < 4.78 is 27.7. The van der Waals surface area contributed by atoms with Crippen LogP contribution in [0.15, 0.2) is 97.1 Å². The molecular formula is C33H28F2N4O4.